The second kappa shape index (κ2) is 8.05. The molecule has 3 heterocycles. The van der Waals surface area contributed by atoms with Gasteiger partial charge in [-0.1, -0.05) is 45.9 Å². The van der Waals surface area contributed by atoms with Crippen molar-refractivity contribution in [3.05, 3.63) is 44.7 Å². The molecule has 6 N–H and O–H groups in total. The minimum absolute atomic E-state index is 0.0339. The number of rotatable bonds is 5. The van der Waals surface area contributed by atoms with Crippen LogP contribution >= 0.6 is 27.7 Å². The summed E-state index contributed by atoms with van der Waals surface area (Å²) in [5, 5.41) is 30.4. The van der Waals surface area contributed by atoms with E-state index in [1.54, 1.807) is 0 Å². The number of aromatic amines is 1. The number of aromatic nitrogens is 4. The fraction of sp³-hybridized carbons (Fsp3) is 0.353. The molecular formula is C17H18BrN5O5S. The van der Waals surface area contributed by atoms with Gasteiger partial charge >= 0.3 is 0 Å². The summed E-state index contributed by atoms with van der Waals surface area (Å²) in [5.74, 6) is 0.394. The van der Waals surface area contributed by atoms with Crippen molar-refractivity contribution in [2.45, 2.75) is 35.4 Å². The van der Waals surface area contributed by atoms with Gasteiger partial charge in [0.2, 0.25) is 5.95 Å². The minimum atomic E-state index is -1.35. The zero-order valence-electron chi connectivity index (χ0n) is 14.9. The topological polar surface area (TPSA) is 160 Å². The second-order valence-corrected chi connectivity index (χ2v) is 8.29. The van der Waals surface area contributed by atoms with Crippen LogP contribution in [0.5, 0.6) is 0 Å². The highest BCUT2D eigenvalue weighted by molar-refractivity contribution is 9.10. The van der Waals surface area contributed by atoms with Crippen molar-refractivity contribution in [3.8, 4) is 0 Å². The maximum Gasteiger partial charge on any atom is 0.280 e. The van der Waals surface area contributed by atoms with Gasteiger partial charge in [0.25, 0.3) is 5.56 Å². The van der Waals surface area contributed by atoms with Gasteiger partial charge in [-0.15, -0.1) is 0 Å². The van der Waals surface area contributed by atoms with E-state index in [0.717, 1.165) is 10.0 Å². The summed E-state index contributed by atoms with van der Waals surface area (Å²) in [4.78, 5) is 23.2. The number of hydrogen-bond acceptors (Lipinski definition) is 9. The lowest BCUT2D eigenvalue weighted by Crippen LogP contribution is -2.33. The predicted octanol–water partition coefficient (Wildman–Crippen LogP) is 0.368. The third-order valence-electron chi connectivity index (χ3n) is 4.62. The number of imidazole rings is 1. The number of nitrogens with zero attached hydrogens (tertiary/aromatic N) is 3. The number of H-pyrrole nitrogens is 1. The highest BCUT2D eigenvalue weighted by Gasteiger charge is 2.45. The van der Waals surface area contributed by atoms with Gasteiger partial charge in [0.1, 0.15) is 18.3 Å². The van der Waals surface area contributed by atoms with Gasteiger partial charge in [0, 0.05) is 10.2 Å². The van der Waals surface area contributed by atoms with Crippen LogP contribution in [0.15, 0.2) is 38.7 Å². The van der Waals surface area contributed by atoms with E-state index in [1.807, 2.05) is 24.3 Å². The Balaban J connectivity index is 1.79. The summed E-state index contributed by atoms with van der Waals surface area (Å²) in [6, 6.07) is 7.67. The van der Waals surface area contributed by atoms with E-state index in [4.69, 9.17) is 10.5 Å². The van der Waals surface area contributed by atoms with E-state index >= 15 is 0 Å². The lowest BCUT2D eigenvalue weighted by Gasteiger charge is -2.19. The molecule has 1 aliphatic heterocycles. The smallest absolute Gasteiger partial charge is 0.280 e. The molecule has 29 heavy (non-hydrogen) atoms. The summed E-state index contributed by atoms with van der Waals surface area (Å²) >= 11 is 4.80. The van der Waals surface area contributed by atoms with Crippen LogP contribution in [0.2, 0.25) is 0 Å². The van der Waals surface area contributed by atoms with Crippen LogP contribution in [0.1, 0.15) is 11.8 Å². The van der Waals surface area contributed by atoms with Crippen LogP contribution < -0.4 is 11.3 Å². The second-order valence-electron chi connectivity index (χ2n) is 6.50. The normalized spacial score (nSPS) is 24.4. The Morgan fingerprint density at radius 3 is 2.72 bits per heavy atom. The molecule has 0 amide bonds. The SMILES string of the molecule is Nc1nc2c(nc(SCc3ccccc3Br)n2[C@H]2O[C@@H](CO)[C@@H](O)[C@H]2O)c(=O)[nH]1. The standard InChI is InChI=1S/C17H18BrN5O5S/c18-8-4-2-1-3-7(8)6-29-17-20-10-13(21-16(19)22-14(10)27)23(17)15-12(26)11(25)9(5-24)28-15/h1-4,9,11-12,15,24-26H,5-6H2,(H3,19,21,22,27)/t9-,11+,12+,15-/m0/s1. The zero-order chi connectivity index (χ0) is 20.7. The molecular weight excluding hydrogens is 466 g/mol. The van der Waals surface area contributed by atoms with E-state index < -0.39 is 36.7 Å². The van der Waals surface area contributed by atoms with E-state index in [1.165, 1.54) is 16.3 Å². The molecule has 0 bridgehead atoms. The van der Waals surface area contributed by atoms with Crippen molar-refractivity contribution in [1.82, 2.24) is 19.5 Å². The van der Waals surface area contributed by atoms with Gasteiger partial charge in [0.05, 0.1) is 6.61 Å². The van der Waals surface area contributed by atoms with E-state index in [9.17, 15) is 20.1 Å². The monoisotopic (exact) mass is 483 g/mol. The molecule has 4 rings (SSSR count). The quantitative estimate of drug-likeness (QED) is 0.323. The molecule has 4 atom stereocenters. The molecule has 154 valence electrons. The molecule has 1 fully saturated rings. The van der Waals surface area contributed by atoms with Crippen LogP contribution in [-0.4, -0.2) is 59.8 Å². The lowest BCUT2D eigenvalue weighted by molar-refractivity contribution is -0.0548. The Morgan fingerprint density at radius 2 is 2.03 bits per heavy atom. The number of aliphatic hydroxyl groups excluding tert-OH is 3. The maximum absolute atomic E-state index is 12.3. The van der Waals surface area contributed by atoms with Crippen molar-refractivity contribution >= 4 is 44.8 Å². The third kappa shape index (κ3) is 3.67. The molecule has 0 unspecified atom stereocenters. The van der Waals surface area contributed by atoms with Crippen molar-refractivity contribution in [2.75, 3.05) is 12.3 Å². The molecule has 0 aliphatic carbocycles. The third-order valence-corrected chi connectivity index (χ3v) is 6.40. The average molecular weight is 484 g/mol. The molecule has 1 aromatic carbocycles. The number of anilines is 1. The van der Waals surface area contributed by atoms with Crippen molar-refractivity contribution < 1.29 is 20.1 Å². The Bertz CT molecular complexity index is 1110. The number of nitrogens with two attached hydrogens (primary N) is 1. The number of nitrogen functional groups attached to an aromatic ring is 1. The lowest BCUT2D eigenvalue weighted by atomic mass is 10.1. The molecule has 0 radical (unpaired) electrons. The first-order chi connectivity index (χ1) is 13.9. The first-order valence-corrected chi connectivity index (χ1v) is 10.4. The van der Waals surface area contributed by atoms with Crippen LogP contribution in [0.25, 0.3) is 11.2 Å². The van der Waals surface area contributed by atoms with Crippen LogP contribution in [0, 0.1) is 0 Å². The fourth-order valence-corrected chi connectivity index (χ4v) is 4.80. The number of halogens is 1. The van der Waals surface area contributed by atoms with Gasteiger partial charge in [-0.25, -0.2) is 4.98 Å². The predicted molar refractivity (Wildman–Crippen MR) is 109 cm³/mol. The number of aliphatic hydroxyl groups is 3. The summed E-state index contributed by atoms with van der Waals surface area (Å²) in [7, 11) is 0. The maximum atomic E-state index is 12.3. The van der Waals surface area contributed by atoms with E-state index in [2.05, 4.69) is 30.9 Å². The molecule has 2 aromatic heterocycles. The summed E-state index contributed by atoms with van der Waals surface area (Å²) < 4.78 is 8.00. The number of fused-ring (bicyclic) bond motifs is 1. The number of hydrogen-bond donors (Lipinski definition) is 5. The molecule has 0 saturated carbocycles. The molecule has 10 nitrogen and oxygen atoms in total. The number of nitrogens with one attached hydrogen (secondary N) is 1. The van der Waals surface area contributed by atoms with Crippen molar-refractivity contribution in [1.29, 1.82) is 0 Å². The largest absolute Gasteiger partial charge is 0.394 e. The number of benzene rings is 1. The first-order valence-electron chi connectivity index (χ1n) is 8.67. The molecule has 0 spiro atoms. The fourth-order valence-electron chi connectivity index (χ4n) is 3.16. The molecule has 1 aliphatic rings. The van der Waals surface area contributed by atoms with Gasteiger partial charge < -0.3 is 25.8 Å². The molecule has 1 saturated heterocycles. The summed E-state index contributed by atoms with van der Waals surface area (Å²) in [6.07, 6.45) is -4.73. The Morgan fingerprint density at radius 1 is 1.28 bits per heavy atom. The summed E-state index contributed by atoms with van der Waals surface area (Å²) in [6.45, 7) is -0.475. The van der Waals surface area contributed by atoms with E-state index in [0.29, 0.717) is 10.9 Å². The van der Waals surface area contributed by atoms with E-state index in [-0.39, 0.29) is 17.1 Å². The van der Waals surface area contributed by atoms with Crippen LogP contribution in [0.4, 0.5) is 5.95 Å². The Hall–Kier alpha value is -1.96. The highest BCUT2D eigenvalue weighted by atomic mass is 79.9. The van der Waals surface area contributed by atoms with Crippen molar-refractivity contribution in [3.63, 3.8) is 0 Å². The Labute approximate surface area is 176 Å². The minimum Gasteiger partial charge on any atom is -0.394 e. The van der Waals surface area contributed by atoms with Gasteiger partial charge in [-0.3, -0.25) is 14.3 Å². The molecule has 12 heteroatoms. The van der Waals surface area contributed by atoms with Crippen molar-refractivity contribution in [2.24, 2.45) is 0 Å². The van der Waals surface area contributed by atoms with Gasteiger partial charge in [0.15, 0.2) is 22.5 Å². The van der Waals surface area contributed by atoms with Gasteiger partial charge in [-0.2, -0.15) is 4.98 Å². The highest BCUT2D eigenvalue weighted by Crippen LogP contribution is 2.36. The first kappa shape index (κ1) is 20.3. The van der Waals surface area contributed by atoms with Gasteiger partial charge in [-0.05, 0) is 11.6 Å². The zero-order valence-corrected chi connectivity index (χ0v) is 17.3. The molecule has 3 aromatic rings. The summed E-state index contributed by atoms with van der Waals surface area (Å²) in [5.41, 5.74) is 6.31. The number of thioether (sulfide) groups is 1. The number of ether oxygens (including phenoxy) is 1. The van der Waals surface area contributed by atoms with Crippen LogP contribution in [-0.2, 0) is 10.5 Å². The average Bonchev–Trinajstić information content (AvgIpc) is 3.19. The van der Waals surface area contributed by atoms with Crippen LogP contribution in [0.3, 0.4) is 0 Å². The Kier molecular flexibility index (Phi) is 5.64.